The van der Waals surface area contributed by atoms with Gasteiger partial charge in [-0.05, 0) is 19.1 Å². The lowest BCUT2D eigenvalue weighted by Gasteiger charge is -2.33. The summed E-state index contributed by atoms with van der Waals surface area (Å²) in [6.45, 7) is 3.17. The normalized spacial score (nSPS) is 16.2. The Morgan fingerprint density at radius 1 is 1.36 bits per heavy atom. The van der Waals surface area contributed by atoms with E-state index in [1.54, 1.807) is 24.0 Å². The van der Waals surface area contributed by atoms with Gasteiger partial charge in [-0.3, -0.25) is 0 Å². The van der Waals surface area contributed by atoms with Gasteiger partial charge in [0.15, 0.2) is 0 Å². The van der Waals surface area contributed by atoms with Gasteiger partial charge in [0, 0.05) is 32.2 Å². The first-order chi connectivity index (χ1) is 11.9. The molecular weight excluding hydrogens is 388 g/mol. The van der Waals surface area contributed by atoms with Crippen LogP contribution in [0.25, 0.3) is 0 Å². The zero-order valence-corrected chi connectivity index (χ0v) is 15.8. The molecule has 3 heterocycles. The van der Waals surface area contributed by atoms with Crippen molar-refractivity contribution < 1.29 is 17.7 Å². The molecule has 0 bridgehead atoms. The summed E-state index contributed by atoms with van der Waals surface area (Å²) in [6.07, 6.45) is 0. The Labute approximate surface area is 154 Å². The van der Waals surface area contributed by atoms with Gasteiger partial charge < -0.3 is 14.7 Å². The van der Waals surface area contributed by atoms with Crippen LogP contribution in [0, 0.1) is 6.92 Å². The third-order valence-corrected chi connectivity index (χ3v) is 7.36. The third kappa shape index (κ3) is 4.14. The molecule has 0 aromatic carbocycles. The Morgan fingerprint density at radius 3 is 2.64 bits per heavy atom. The summed E-state index contributed by atoms with van der Waals surface area (Å²) >= 11 is 6.85. The molecule has 1 aliphatic heterocycles. The van der Waals surface area contributed by atoms with Crippen LogP contribution in [-0.4, -0.2) is 55.0 Å². The second-order valence-corrected chi connectivity index (χ2v) is 9.42. The van der Waals surface area contributed by atoms with Crippen LogP contribution in [0.3, 0.4) is 0 Å². The molecule has 8 nitrogen and oxygen atoms in total. The SMILES string of the molecule is Cc1cc(CNC(=O)N2CCN(S(=O)(=O)c3ccc(Cl)s3)CC2)no1. The van der Waals surface area contributed by atoms with E-state index in [4.69, 9.17) is 16.1 Å². The third-order valence-electron chi connectivity index (χ3n) is 3.77. The molecule has 1 fully saturated rings. The van der Waals surface area contributed by atoms with Crippen LogP contribution < -0.4 is 5.32 Å². The first-order valence-corrected chi connectivity index (χ1v) is 10.2. The quantitative estimate of drug-likeness (QED) is 0.839. The minimum absolute atomic E-state index is 0.219. The van der Waals surface area contributed by atoms with Gasteiger partial charge in [-0.25, -0.2) is 13.2 Å². The summed E-state index contributed by atoms with van der Waals surface area (Å²) in [5, 5.41) is 6.56. The number of urea groups is 1. The largest absolute Gasteiger partial charge is 0.361 e. The van der Waals surface area contributed by atoms with Crippen molar-refractivity contribution in [2.24, 2.45) is 0 Å². The van der Waals surface area contributed by atoms with E-state index in [-0.39, 0.29) is 29.9 Å². The van der Waals surface area contributed by atoms with E-state index in [0.717, 1.165) is 11.3 Å². The van der Waals surface area contributed by atoms with Gasteiger partial charge in [0.2, 0.25) is 0 Å². The number of hydrogen-bond donors (Lipinski definition) is 1. The van der Waals surface area contributed by atoms with E-state index in [1.807, 2.05) is 0 Å². The highest BCUT2D eigenvalue weighted by Crippen LogP contribution is 2.28. The number of sulfonamides is 1. The molecule has 11 heteroatoms. The Bertz CT molecular complexity index is 856. The first kappa shape index (κ1) is 18.2. The Kier molecular flexibility index (Phi) is 5.32. The van der Waals surface area contributed by atoms with Crippen molar-refractivity contribution in [1.29, 1.82) is 0 Å². The van der Waals surface area contributed by atoms with Crippen molar-refractivity contribution in [1.82, 2.24) is 19.7 Å². The fourth-order valence-corrected chi connectivity index (χ4v) is 5.53. The van der Waals surface area contributed by atoms with Crippen LogP contribution in [0.2, 0.25) is 4.34 Å². The van der Waals surface area contributed by atoms with E-state index in [1.165, 1.54) is 10.4 Å². The molecule has 3 rings (SSSR count). The minimum Gasteiger partial charge on any atom is -0.361 e. The molecule has 2 amide bonds. The maximum absolute atomic E-state index is 12.5. The average molecular weight is 405 g/mol. The van der Waals surface area contributed by atoms with Gasteiger partial charge >= 0.3 is 6.03 Å². The summed E-state index contributed by atoms with van der Waals surface area (Å²) in [6, 6.07) is 4.56. The standard InChI is InChI=1S/C14H17ClN4O4S2/c1-10-8-11(17-23-10)9-16-14(20)18-4-6-19(7-5-18)25(21,22)13-3-2-12(15)24-13/h2-3,8H,4-7,9H2,1H3,(H,16,20). The van der Waals surface area contributed by atoms with Crippen molar-refractivity contribution in [2.45, 2.75) is 17.7 Å². The summed E-state index contributed by atoms with van der Waals surface area (Å²) in [5.74, 6) is 0.678. The van der Waals surface area contributed by atoms with Gasteiger partial charge in [-0.2, -0.15) is 4.31 Å². The van der Waals surface area contributed by atoms with E-state index in [2.05, 4.69) is 10.5 Å². The summed E-state index contributed by atoms with van der Waals surface area (Å²) in [5.41, 5.74) is 0.640. The molecule has 25 heavy (non-hydrogen) atoms. The van der Waals surface area contributed by atoms with Gasteiger partial charge in [0.1, 0.15) is 15.7 Å². The molecule has 1 N–H and O–H groups in total. The Hall–Kier alpha value is -1.62. The molecule has 1 aliphatic rings. The van der Waals surface area contributed by atoms with Crippen LogP contribution in [0.4, 0.5) is 4.79 Å². The van der Waals surface area contributed by atoms with Crippen molar-refractivity contribution >= 4 is 39.0 Å². The number of carbonyl (C=O) groups excluding carboxylic acids is 1. The Morgan fingerprint density at radius 2 is 2.08 bits per heavy atom. The molecule has 0 aliphatic carbocycles. The summed E-state index contributed by atoms with van der Waals surface area (Å²) in [4.78, 5) is 13.8. The zero-order chi connectivity index (χ0) is 18.0. The maximum Gasteiger partial charge on any atom is 0.317 e. The highest BCUT2D eigenvalue weighted by Gasteiger charge is 2.31. The number of nitrogens with zero attached hydrogens (tertiary/aromatic N) is 3. The topological polar surface area (TPSA) is 95.8 Å². The molecule has 2 aromatic rings. The molecule has 0 saturated carbocycles. The number of halogens is 1. The number of aryl methyl sites for hydroxylation is 1. The highest BCUT2D eigenvalue weighted by atomic mass is 35.5. The maximum atomic E-state index is 12.5. The lowest BCUT2D eigenvalue weighted by Crippen LogP contribution is -2.52. The summed E-state index contributed by atoms with van der Waals surface area (Å²) < 4.78 is 32.0. The zero-order valence-electron chi connectivity index (χ0n) is 13.4. The van der Waals surface area contributed by atoms with Crippen LogP contribution in [0.5, 0.6) is 0 Å². The van der Waals surface area contributed by atoms with E-state index < -0.39 is 10.0 Å². The van der Waals surface area contributed by atoms with E-state index in [0.29, 0.717) is 28.9 Å². The Balaban J connectivity index is 1.53. The first-order valence-electron chi connectivity index (χ1n) is 7.57. The van der Waals surface area contributed by atoms with Gasteiger partial charge in [0.05, 0.1) is 10.9 Å². The molecule has 2 aromatic heterocycles. The van der Waals surface area contributed by atoms with Crippen LogP contribution in [-0.2, 0) is 16.6 Å². The van der Waals surface area contributed by atoms with Crippen molar-refractivity contribution in [3.8, 4) is 0 Å². The average Bonchev–Trinajstić information content (AvgIpc) is 3.21. The lowest BCUT2D eigenvalue weighted by atomic mass is 10.3. The van der Waals surface area contributed by atoms with Crippen molar-refractivity contribution in [2.75, 3.05) is 26.2 Å². The predicted molar refractivity (Wildman–Crippen MR) is 93.1 cm³/mol. The molecule has 136 valence electrons. The number of carbonyl (C=O) groups is 1. The van der Waals surface area contributed by atoms with Crippen LogP contribution in [0.1, 0.15) is 11.5 Å². The van der Waals surface area contributed by atoms with Crippen molar-refractivity contribution in [3.63, 3.8) is 0 Å². The smallest absolute Gasteiger partial charge is 0.317 e. The van der Waals surface area contributed by atoms with E-state index >= 15 is 0 Å². The number of thiophene rings is 1. The number of piperazine rings is 1. The number of amides is 2. The van der Waals surface area contributed by atoms with Gasteiger partial charge in [-0.15, -0.1) is 11.3 Å². The lowest BCUT2D eigenvalue weighted by molar-refractivity contribution is 0.172. The summed E-state index contributed by atoms with van der Waals surface area (Å²) in [7, 11) is -3.56. The molecule has 0 unspecified atom stereocenters. The molecule has 0 radical (unpaired) electrons. The number of aromatic nitrogens is 1. The fourth-order valence-electron chi connectivity index (χ4n) is 2.47. The fraction of sp³-hybridized carbons (Fsp3) is 0.429. The second-order valence-electron chi connectivity index (χ2n) is 5.54. The number of rotatable bonds is 4. The van der Waals surface area contributed by atoms with Gasteiger partial charge in [0.25, 0.3) is 10.0 Å². The number of nitrogens with one attached hydrogen (secondary N) is 1. The van der Waals surface area contributed by atoms with Crippen molar-refractivity contribution in [3.05, 3.63) is 34.0 Å². The monoisotopic (exact) mass is 404 g/mol. The van der Waals surface area contributed by atoms with Crippen LogP contribution >= 0.6 is 22.9 Å². The molecule has 1 saturated heterocycles. The van der Waals surface area contributed by atoms with E-state index in [9.17, 15) is 13.2 Å². The number of hydrogen-bond acceptors (Lipinski definition) is 6. The molecule has 0 spiro atoms. The van der Waals surface area contributed by atoms with Gasteiger partial charge in [-0.1, -0.05) is 16.8 Å². The molecule has 0 atom stereocenters. The minimum atomic E-state index is -3.56. The predicted octanol–water partition coefficient (Wildman–Crippen LogP) is 1.91. The molecular formula is C14H17ClN4O4S2. The van der Waals surface area contributed by atoms with Crippen LogP contribution in [0.15, 0.2) is 26.9 Å². The second kappa shape index (κ2) is 7.32. The highest BCUT2D eigenvalue weighted by molar-refractivity contribution is 7.91.